The highest BCUT2D eigenvalue weighted by Gasteiger charge is 2.09. The predicted octanol–water partition coefficient (Wildman–Crippen LogP) is 2.41. The monoisotopic (exact) mass is 267 g/mol. The van der Waals surface area contributed by atoms with Crippen molar-refractivity contribution in [1.29, 1.82) is 0 Å². The molecule has 0 aliphatic heterocycles. The number of nitrogen functional groups attached to an aromatic ring is 1. The van der Waals surface area contributed by atoms with Gasteiger partial charge in [-0.2, -0.15) is 4.98 Å². The van der Waals surface area contributed by atoms with Gasteiger partial charge < -0.3 is 4.74 Å². The Balaban J connectivity index is 2.07. The molecule has 0 spiro atoms. The van der Waals surface area contributed by atoms with Gasteiger partial charge in [0.25, 0.3) is 0 Å². The van der Waals surface area contributed by atoms with Gasteiger partial charge in [-0.05, 0) is 31.2 Å². The van der Waals surface area contributed by atoms with E-state index in [0.29, 0.717) is 17.6 Å². The van der Waals surface area contributed by atoms with E-state index in [2.05, 4.69) is 20.4 Å². The lowest BCUT2D eigenvalue weighted by molar-refractivity contribution is 0.466. The zero-order valence-electron chi connectivity index (χ0n) is 10.9. The van der Waals surface area contributed by atoms with Gasteiger partial charge in [0, 0.05) is 5.69 Å². The first-order chi connectivity index (χ1) is 9.76. The van der Waals surface area contributed by atoms with Crippen molar-refractivity contribution in [2.24, 2.45) is 5.84 Å². The fourth-order valence-electron chi connectivity index (χ4n) is 1.82. The number of rotatable bonds is 3. The highest BCUT2D eigenvalue weighted by atomic mass is 16.5. The molecule has 0 atom stereocenters. The largest absolute Gasteiger partial charge is 0.437 e. The molecule has 3 aromatic rings. The van der Waals surface area contributed by atoms with Gasteiger partial charge in [-0.15, -0.1) is 0 Å². The number of anilines is 1. The molecule has 3 N–H and O–H groups in total. The van der Waals surface area contributed by atoms with Crippen molar-refractivity contribution >= 4 is 16.9 Å². The lowest BCUT2D eigenvalue weighted by Gasteiger charge is -2.09. The minimum atomic E-state index is 0.304. The molecule has 0 amide bonds. The maximum Gasteiger partial charge on any atom is 0.241 e. The third-order valence-electron chi connectivity index (χ3n) is 2.80. The second kappa shape index (κ2) is 5.10. The molecule has 0 saturated carbocycles. The maximum absolute atomic E-state index is 5.78. The number of nitrogens with two attached hydrogens (primary N) is 1. The second-order valence-corrected chi connectivity index (χ2v) is 4.25. The third-order valence-corrected chi connectivity index (χ3v) is 2.80. The number of nitrogens with one attached hydrogen (secondary N) is 1. The van der Waals surface area contributed by atoms with Crippen molar-refractivity contribution in [2.75, 3.05) is 5.43 Å². The average Bonchev–Trinajstić information content (AvgIpc) is 2.49. The van der Waals surface area contributed by atoms with E-state index in [0.717, 1.165) is 16.6 Å². The molecule has 2 aromatic heterocycles. The lowest BCUT2D eigenvalue weighted by atomic mass is 10.2. The summed E-state index contributed by atoms with van der Waals surface area (Å²) in [4.78, 5) is 12.7. The number of nitrogens with zero attached hydrogens (tertiary/aromatic N) is 3. The van der Waals surface area contributed by atoms with E-state index in [1.165, 1.54) is 0 Å². The van der Waals surface area contributed by atoms with Gasteiger partial charge in [-0.3, -0.25) is 10.4 Å². The van der Waals surface area contributed by atoms with E-state index in [4.69, 9.17) is 10.6 Å². The Labute approximate surface area is 115 Å². The molecular weight excluding hydrogens is 254 g/mol. The summed E-state index contributed by atoms with van der Waals surface area (Å²) in [5, 5.41) is 0.812. The minimum absolute atomic E-state index is 0.304. The van der Waals surface area contributed by atoms with Crippen molar-refractivity contribution in [3.05, 3.63) is 48.3 Å². The summed E-state index contributed by atoms with van der Waals surface area (Å²) in [6.45, 7) is 1.92. The number of para-hydroxylation sites is 1. The maximum atomic E-state index is 5.78. The van der Waals surface area contributed by atoms with E-state index in [9.17, 15) is 0 Å². The van der Waals surface area contributed by atoms with Gasteiger partial charge in [0.15, 0.2) is 0 Å². The number of ether oxygens (including phenoxy) is 1. The standard InChI is InChI=1S/C14H13N5O/c1-9-6-7-10(8-16-9)20-13-11-4-2-3-5-12(11)17-14(18-13)19-15/h2-8H,15H2,1H3,(H,17,18,19). The van der Waals surface area contributed by atoms with Crippen LogP contribution in [0.3, 0.4) is 0 Å². The van der Waals surface area contributed by atoms with Gasteiger partial charge in [0.1, 0.15) is 5.75 Å². The summed E-state index contributed by atoms with van der Waals surface area (Å²) >= 11 is 0. The fourth-order valence-corrected chi connectivity index (χ4v) is 1.82. The van der Waals surface area contributed by atoms with E-state index >= 15 is 0 Å². The molecule has 0 radical (unpaired) electrons. The summed E-state index contributed by atoms with van der Waals surface area (Å²) < 4.78 is 5.78. The van der Waals surface area contributed by atoms with E-state index in [1.54, 1.807) is 6.20 Å². The zero-order chi connectivity index (χ0) is 13.9. The van der Waals surface area contributed by atoms with Crippen LogP contribution in [0, 0.1) is 6.92 Å². The Bertz CT molecular complexity index is 742. The molecule has 20 heavy (non-hydrogen) atoms. The molecule has 1 aromatic carbocycles. The summed E-state index contributed by atoms with van der Waals surface area (Å²) in [5.41, 5.74) is 4.12. The smallest absolute Gasteiger partial charge is 0.241 e. The molecule has 100 valence electrons. The van der Waals surface area contributed by atoms with E-state index in [1.807, 2.05) is 43.3 Å². The first kappa shape index (κ1) is 12.3. The molecule has 0 unspecified atom stereocenters. The molecule has 0 aliphatic rings. The summed E-state index contributed by atoms with van der Waals surface area (Å²) in [6.07, 6.45) is 1.65. The highest BCUT2D eigenvalue weighted by Crippen LogP contribution is 2.27. The molecule has 2 heterocycles. The Morgan fingerprint density at radius 2 is 1.95 bits per heavy atom. The minimum Gasteiger partial charge on any atom is -0.437 e. The number of hydrazine groups is 1. The van der Waals surface area contributed by atoms with Crippen LogP contribution in [0.5, 0.6) is 11.6 Å². The summed E-state index contributed by atoms with van der Waals surface area (Å²) in [5.74, 6) is 6.74. The van der Waals surface area contributed by atoms with Crippen LogP contribution in [0.15, 0.2) is 42.6 Å². The number of pyridine rings is 1. The van der Waals surface area contributed by atoms with Crippen molar-refractivity contribution < 1.29 is 4.74 Å². The van der Waals surface area contributed by atoms with Crippen molar-refractivity contribution in [2.45, 2.75) is 6.92 Å². The summed E-state index contributed by atoms with van der Waals surface area (Å²) in [7, 11) is 0. The van der Waals surface area contributed by atoms with Crippen molar-refractivity contribution in [3.63, 3.8) is 0 Å². The van der Waals surface area contributed by atoms with Gasteiger partial charge in [-0.25, -0.2) is 10.8 Å². The Morgan fingerprint density at radius 1 is 1.10 bits per heavy atom. The number of aromatic nitrogens is 3. The first-order valence-corrected chi connectivity index (χ1v) is 6.10. The Morgan fingerprint density at radius 3 is 2.70 bits per heavy atom. The van der Waals surface area contributed by atoms with E-state index in [-0.39, 0.29) is 0 Å². The Hall–Kier alpha value is -2.73. The van der Waals surface area contributed by atoms with Crippen LogP contribution in [0.25, 0.3) is 10.9 Å². The van der Waals surface area contributed by atoms with Gasteiger partial charge in [-0.1, -0.05) is 12.1 Å². The Kier molecular flexibility index (Phi) is 3.14. The van der Waals surface area contributed by atoms with Crippen LogP contribution >= 0.6 is 0 Å². The van der Waals surface area contributed by atoms with Gasteiger partial charge >= 0.3 is 0 Å². The van der Waals surface area contributed by atoms with Crippen molar-refractivity contribution in [3.8, 4) is 11.6 Å². The van der Waals surface area contributed by atoms with Crippen LogP contribution in [0.2, 0.25) is 0 Å². The molecule has 0 fully saturated rings. The number of fused-ring (bicyclic) bond motifs is 1. The molecule has 0 saturated heterocycles. The number of aryl methyl sites for hydroxylation is 1. The molecular formula is C14H13N5O. The van der Waals surface area contributed by atoms with Crippen molar-refractivity contribution in [1.82, 2.24) is 15.0 Å². The molecule has 0 aliphatic carbocycles. The molecule has 0 bridgehead atoms. The lowest BCUT2D eigenvalue weighted by Crippen LogP contribution is -2.11. The zero-order valence-corrected chi connectivity index (χ0v) is 10.9. The van der Waals surface area contributed by atoms with Crippen LogP contribution in [-0.2, 0) is 0 Å². The van der Waals surface area contributed by atoms with Crippen LogP contribution in [-0.4, -0.2) is 15.0 Å². The first-order valence-electron chi connectivity index (χ1n) is 6.10. The van der Waals surface area contributed by atoms with Gasteiger partial charge in [0.2, 0.25) is 11.8 Å². The van der Waals surface area contributed by atoms with Crippen LogP contribution in [0.4, 0.5) is 5.95 Å². The summed E-state index contributed by atoms with van der Waals surface area (Å²) in [6, 6.07) is 11.3. The molecule has 3 rings (SSSR count). The topological polar surface area (TPSA) is 86.0 Å². The van der Waals surface area contributed by atoms with Crippen LogP contribution < -0.4 is 16.0 Å². The van der Waals surface area contributed by atoms with Crippen LogP contribution in [0.1, 0.15) is 5.69 Å². The third kappa shape index (κ3) is 2.36. The predicted molar refractivity (Wildman–Crippen MR) is 76.4 cm³/mol. The normalized spacial score (nSPS) is 10.5. The number of hydrogen-bond donors (Lipinski definition) is 2. The van der Waals surface area contributed by atoms with E-state index < -0.39 is 0 Å². The number of hydrogen-bond acceptors (Lipinski definition) is 6. The highest BCUT2D eigenvalue weighted by molar-refractivity contribution is 5.84. The molecule has 6 heteroatoms. The average molecular weight is 267 g/mol. The second-order valence-electron chi connectivity index (χ2n) is 4.25. The fraction of sp³-hybridized carbons (Fsp3) is 0.0714. The quantitative estimate of drug-likeness (QED) is 0.560. The SMILES string of the molecule is Cc1ccc(Oc2nc(NN)nc3ccccc23)cn1. The molecule has 6 nitrogen and oxygen atoms in total. The number of benzene rings is 1. The van der Waals surface area contributed by atoms with Gasteiger partial charge in [0.05, 0.1) is 17.1 Å².